The van der Waals surface area contributed by atoms with Crippen molar-refractivity contribution in [3.63, 3.8) is 0 Å². The second-order valence-corrected chi connectivity index (χ2v) is 6.99. The van der Waals surface area contributed by atoms with E-state index in [1.165, 1.54) is 4.88 Å². The molecule has 1 heterocycles. The predicted octanol–water partition coefficient (Wildman–Crippen LogP) is 3.54. The average Bonchev–Trinajstić information content (AvgIpc) is 2.91. The molecule has 106 valence electrons. The van der Waals surface area contributed by atoms with Gasteiger partial charge in [-0.15, -0.1) is 11.3 Å². The summed E-state index contributed by atoms with van der Waals surface area (Å²) in [4.78, 5) is 13.5. The zero-order valence-corrected chi connectivity index (χ0v) is 12.5. The van der Waals surface area contributed by atoms with Crippen LogP contribution in [0.1, 0.15) is 47.6 Å². The van der Waals surface area contributed by atoms with Gasteiger partial charge in [-0.1, -0.05) is 13.3 Å². The Labute approximate surface area is 118 Å². The van der Waals surface area contributed by atoms with Gasteiger partial charge < -0.3 is 10.2 Å². The molecule has 0 aromatic carbocycles. The first-order valence-electron chi connectivity index (χ1n) is 6.91. The molecule has 0 spiro atoms. The maximum atomic E-state index is 11.4. The van der Waals surface area contributed by atoms with Crippen molar-refractivity contribution < 1.29 is 15.0 Å². The van der Waals surface area contributed by atoms with Crippen LogP contribution in [0.2, 0.25) is 0 Å². The highest BCUT2D eigenvalue weighted by Crippen LogP contribution is 2.46. The van der Waals surface area contributed by atoms with E-state index in [9.17, 15) is 15.0 Å². The Morgan fingerprint density at radius 2 is 2.16 bits per heavy atom. The van der Waals surface area contributed by atoms with E-state index in [-0.39, 0.29) is 5.92 Å². The molecule has 0 radical (unpaired) electrons. The van der Waals surface area contributed by atoms with Crippen LogP contribution in [0.25, 0.3) is 0 Å². The van der Waals surface area contributed by atoms with Crippen molar-refractivity contribution >= 4 is 17.3 Å². The van der Waals surface area contributed by atoms with Crippen LogP contribution in [0, 0.1) is 31.6 Å². The maximum absolute atomic E-state index is 11.4. The topological polar surface area (TPSA) is 57.5 Å². The van der Waals surface area contributed by atoms with Gasteiger partial charge in [0.05, 0.1) is 12.0 Å². The van der Waals surface area contributed by atoms with Crippen molar-refractivity contribution in [1.82, 2.24) is 0 Å². The van der Waals surface area contributed by atoms with Crippen LogP contribution in [0.5, 0.6) is 0 Å². The van der Waals surface area contributed by atoms with Crippen LogP contribution in [0.15, 0.2) is 6.07 Å². The number of aliphatic hydroxyl groups excluding tert-OH is 1. The zero-order valence-electron chi connectivity index (χ0n) is 11.7. The number of aliphatic hydroxyl groups is 1. The Bertz CT molecular complexity index is 466. The summed E-state index contributed by atoms with van der Waals surface area (Å²) in [6.07, 6.45) is 1.90. The first-order valence-corrected chi connectivity index (χ1v) is 7.73. The molecule has 4 heteroatoms. The van der Waals surface area contributed by atoms with E-state index in [0.29, 0.717) is 12.3 Å². The summed E-state index contributed by atoms with van der Waals surface area (Å²) in [5.74, 6) is -0.867. The lowest BCUT2D eigenvalue weighted by atomic mass is 9.89. The first kappa shape index (κ1) is 14.5. The largest absolute Gasteiger partial charge is 0.481 e. The fourth-order valence-corrected chi connectivity index (χ4v) is 4.39. The smallest absolute Gasteiger partial charge is 0.306 e. The van der Waals surface area contributed by atoms with Crippen LogP contribution in [-0.4, -0.2) is 16.2 Å². The highest BCUT2D eigenvalue weighted by atomic mass is 32.1. The SMILES string of the molecule is CCC1CC(C(=O)O)C(C(O)c2sc(C)cc2C)C1. The van der Waals surface area contributed by atoms with E-state index in [1.54, 1.807) is 11.3 Å². The molecule has 1 fully saturated rings. The molecule has 4 unspecified atom stereocenters. The van der Waals surface area contributed by atoms with Gasteiger partial charge in [0.15, 0.2) is 0 Å². The molecule has 2 N–H and O–H groups in total. The van der Waals surface area contributed by atoms with Crippen LogP contribution < -0.4 is 0 Å². The quantitative estimate of drug-likeness (QED) is 0.888. The number of aryl methyl sites for hydroxylation is 2. The summed E-state index contributed by atoms with van der Waals surface area (Å²) in [5.41, 5.74) is 1.08. The molecule has 19 heavy (non-hydrogen) atoms. The molecule has 1 aliphatic rings. The Hall–Kier alpha value is -0.870. The monoisotopic (exact) mass is 282 g/mol. The van der Waals surface area contributed by atoms with Crippen molar-refractivity contribution in [2.45, 2.75) is 46.1 Å². The van der Waals surface area contributed by atoms with Crippen molar-refractivity contribution in [3.05, 3.63) is 21.4 Å². The molecule has 2 rings (SSSR count). The highest BCUT2D eigenvalue weighted by Gasteiger charge is 2.42. The molecule has 1 aliphatic carbocycles. The van der Waals surface area contributed by atoms with Gasteiger partial charge in [-0.2, -0.15) is 0 Å². The number of aliphatic carboxylic acids is 1. The van der Waals surface area contributed by atoms with Crippen molar-refractivity contribution in [2.24, 2.45) is 17.8 Å². The standard InChI is InChI=1S/C15H22O3S/c1-4-10-6-11(12(7-10)15(17)18)13(16)14-8(2)5-9(3)19-14/h5,10-13,16H,4,6-7H2,1-3H3,(H,17,18). The van der Waals surface area contributed by atoms with Gasteiger partial charge in [0.1, 0.15) is 0 Å². The van der Waals surface area contributed by atoms with E-state index < -0.39 is 18.0 Å². The number of carboxylic acids is 1. The first-order chi connectivity index (χ1) is 8.93. The summed E-state index contributed by atoms with van der Waals surface area (Å²) in [5, 5.41) is 20.0. The molecule has 4 atom stereocenters. The van der Waals surface area contributed by atoms with Crippen LogP contribution in [0.3, 0.4) is 0 Å². The van der Waals surface area contributed by atoms with E-state index >= 15 is 0 Å². The van der Waals surface area contributed by atoms with Gasteiger partial charge in [-0.25, -0.2) is 0 Å². The molecule has 1 saturated carbocycles. The van der Waals surface area contributed by atoms with Gasteiger partial charge in [0, 0.05) is 15.7 Å². The fourth-order valence-electron chi connectivity index (χ4n) is 3.29. The lowest BCUT2D eigenvalue weighted by molar-refractivity contribution is -0.144. The molecule has 3 nitrogen and oxygen atoms in total. The molecule has 0 aliphatic heterocycles. The normalized spacial score (nSPS) is 28.5. The Morgan fingerprint density at radius 1 is 1.47 bits per heavy atom. The van der Waals surface area contributed by atoms with Gasteiger partial charge in [0.25, 0.3) is 0 Å². The van der Waals surface area contributed by atoms with Crippen LogP contribution in [0.4, 0.5) is 0 Å². The Kier molecular flexibility index (Phi) is 4.31. The summed E-state index contributed by atoms with van der Waals surface area (Å²) in [6.45, 7) is 6.11. The average molecular weight is 282 g/mol. The van der Waals surface area contributed by atoms with Crippen LogP contribution >= 0.6 is 11.3 Å². The molecule has 0 amide bonds. The zero-order chi connectivity index (χ0) is 14.2. The van der Waals surface area contributed by atoms with Crippen LogP contribution in [-0.2, 0) is 4.79 Å². The second kappa shape index (κ2) is 5.63. The highest BCUT2D eigenvalue weighted by molar-refractivity contribution is 7.12. The lowest BCUT2D eigenvalue weighted by Gasteiger charge is -2.22. The van der Waals surface area contributed by atoms with E-state index in [4.69, 9.17) is 0 Å². The number of rotatable bonds is 4. The van der Waals surface area contributed by atoms with E-state index in [1.807, 2.05) is 13.8 Å². The summed E-state index contributed by atoms with van der Waals surface area (Å²) >= 11 is 1.59. The van der Waals surface area contributed by atoms with Gasteiger partial charge in [0.2, 0.25) is 0 Å². The number of carboxylic acid groups (broad SMARTS) is 1. The number of carbonyl (C=O) groups is 1. The molecule has 0 saturated heterocycles. The van der Waals surface area contributed by atoms with Crippen molar-refractivity contribution in [2.75, 3.05) is 0 Å². The minimum atomic E-state index is -0.758. The molecule has 0 bridgehead atoms. The van der Waals surface area contributed by atoms with E-state index in [0.717, 1.165) is 23.3 Å². The fraction of sp³-hybridized carbons (Fsp3) is 0.667. The number of hydrogen-bond donors (Lipinski definition) is 2. The molecule has 1 aromatic rings. The summed E-state index contributed by atoms with van der Waals surface area (Å²) in [6, 6.07) is 2.06. The van der Waals surface area contributed by atoms with Gasteiger partial charge in [-0.3, -0.25) is 4.79 Å². The van der Waals surface area contributed by atoms with E-state index in [2.05, 4.69) is 13.0 Å². The molecular formula is C15H22O3S. The third-order valence-corrected chi connectivity index (χ3v) is 5.58. The predicted molar refractivity (Wildman–Crippen MR) is 76.4 cm³/mol. The van der Waals surface area contributed by atoms with Crippen molar-refractivity contribution in [1.29, 1.82) is 0 Å². The minimum Gasteiger partial charge on any atom is -0.481 e. The third-order valence-electron chi connectivity index (χ3n) is 4.36. The summed E-state index contributed by atoms with van der Waals surface area (Å²) in [7, 11) is 0. The van der Waals surface area contributed by atoms with Gasteiger partial charge in [-0.05, 0) is 44.2 Å². The minimum absolute atomic E-state index is 0.140. The third kappa shape index (κ3) is 2.84. The summed E-state index contributed by atoms with van der Waals surface area (Å²) < 4.78 is 0. The number of hydrogen-bond acceptors (Lipinski definition) is 3. The van der Waals surface area contributed by atoms with Gasteiger partial charge >= 0.3 is 5.97 Å². The Morgan fingerprint density at radius 3 is 2.63 bits per heavy atom. The van der Waals surface area contributed by atoms with Crippen molar-refractivity contribution in [3.8, 4) is 0 Å². The molecular weight excluding hydrogens is 260 g/mol. The maximum Gasteiger partial charge on any atom is 0.306 e. The molecule has 1 aromatic heterocycles. The Balaban J connectivity index is 2.23. The number of thiophene rings is 1. The lowest BCUT2D eigenvalue weighted by Crippen LogP contribution is -2.23. The second-order valence-electron chi connectivity index (χ2n) is 5.70.